The van der Waals surface area contributed by atoms with Gasteiger partial charge in [-0.25, -0.2) is 8.42 Å². The number of unbranched alkanes of at least 4 members (excludes halogenated alkanes) is 13. The number of morpholine rings is 1. The van der Waals surface area contributed by atoms with E-state index in [0.717, 1.165) is 25.9 Å². The third-order valence-electron chi connectivity index (χ3n) is 5.81. The average Bonchev–Trinajstić information content (AvgIpc) is 2.70. The van der Waals surface area contributed by atoms with Crippen LogP contribution in [-0.2, 0) is 19.6 Å². The Morgan fingerprint density at radius 2 is 1.30 bits per heavy atom. The van der Waals surface area contributed by atoms with Crippen molar-refractivity contribution >= 4 is 10.1 Å². The first-order chi connectivity index (χ1) is 14.5. The fourth-order valence-electron chi connectivity index (χ4n) is 4.00. The minimum Gasteiger partial charge on any atom is -0.748 e. The van der Waals surface area contributed by atoms with E-state index in [1.807, 2.05) is 0 Å². The molecule has 0 aromatic carbocycles. The van der Waals surface area contributed by atoms with Crippen LogP contribution in [0, 0.1) is 0 Å². The first-order valence-electron chi connectivity index (χ1n) is 12.4. The Balaban J connectivity index is 1.97. The van der Waals surface area contributed by atoms with Crippen LogP contribution in [0.3, 0.4) is 0 Å². The zero-order valence-electron chi connectivity index (χ0n) is 19.3. The molecular formula is C23H46NO5S-. The van der Waals surface area contributed by atoms with Gasteiger partial charge in [0.2, 0.25) is 0 Å². The van der Waals surface area contributed by atoms with Gasteiger partial charge in [0, 0.05) is 26.2 Å². The highest BCUT2D eigenvalue weighted by Gasteiger charge is 2.19. The predicted octanol–water partition coefficient (Wildman–Crippen LogP) is 4.73. The van der Waals surface area contributed by atoms with Crippen molar-refractivity contribution in [1.29, 1.82) is 0 Å². The van der Waals surface area contributed by atoms with Crippen LogP contribution in [0.5, 0.6) is 0 Å². The minimum absolute atomic E-state index is 0.442. The molecule has 0 aromatic heterocycles. The molecular weight excluding hydrogens is 402 g/mol. The molecule has 0 N–H and O–H groups in total. The lowest BCUT2D eigenvalue weighted by Gasteiger charge is -2.30. The maximum atomic E-state index is 11.2. The van der Waals surface area contributed by atoms with Crippen LogP contribution in [0.1, 0.15) is 96.8 Å². The Hall–Kier alpha value is -0.210. The van der Waals surface area contributed by atoms with Gasteiger partial charge in [0.1, 0.15) is 0 Å². The van der Waals surface area contributed by atoms with Crippen molar-refractivity contribution in [2.45, 2.75) is 103 Å². The molecule has 1 aliphatic heterocycles. The highest BCUT2D eigenvalue weighted by atomic mass is 32.2. The molecule has 30 heavy (non-hydrogen) atoms. The third kappa shape index (κ3) is 17.5. The first-order valence-corrected chi connectivity index (χ1v) is 13.9. The zero-order valence-corrected chi connectivity index (χ0v) is 20.1. The van der Waals surface area contributed by atoms with Crippen molar-refractivity contribution in [2.75, 3.05) is 45.2 Å². The Kier molecular flexibility index (Phi) is 17.0. The summed E-state index contributed by atoms with van der Waals surface area (Å²) in [5.74, 6) is -0.442. The van der Waals surface area contributed by atoms with Crippen LogP contribution in [-0.4, -0.2) is 69.2 Å². The van der Waals surface area contributed by atoms with Crippen LogP contribution in [0.25, 0.3) is 0 Å². The van der Waals surface area contributed by atoms with Crippen LogP contribution in [0.2, 0.25) is 0 Å². The highest BCUT2D eigenvalue weighted by Crippen LogP contribution is 2.13. The Bertz CT molecular complexity index is 480. The van der Waals surface area contributed by atoms with Crippen molar-refractivity contribution in [2.24, 2.45) is 0 Å². The SMILES string of the molecule is CCCCCCCCCCCCCCCCOC(CN1CCOCC1)CS(=O)(=O)[O-]. The van der Waals surface area contributed by atoms with Gasteiger partial charge >= 0.3 is 0 Å². The lowest BCUT2D eigenvalue weighted by molar-refractivity contribution is -0.00572. The van der Waals surface area contributed by atoms with Gasteiger partial charge in [0.05, 0.1) is 35.2 Å². The van der Waals surface area contributed by atoms with Crippen molar-refractivity contribution in [3.63, 3.8) is 0 Å². The monoisotopic (exact) mass is 448 g/mol. The molecule has 0 bridgehead atoms. The molecule has 0 aliphatic carbocycles. The van der Waals surface area contributed by atoms with Gasteiger partial charge < -0.3 is 14.0 Å². The lowest BCUT2D eigenvalue weighted by atomic mass is 10.0. The van der Waals surface area contributed by atoms with E-state index in [1.165, 1.54) is 77.0 Å². The molecule has 1 heterocycles. The molecule has 1 unspecified atom stereocenters. The Morgan fingerprint density at radius 1 is 0.833 bits per heavy atom. The maximum absolute atomic E-state index is 11.2. The van der Waals surface area contributed by atoms with Crippen molar-refractivity contribution in [3.8, 4) is 0 Å². The molecule has 6 nitrogen and oxygen atoms in total. The molecule has 7 heteroatoms. The molecule has 0 aromatic rings. The number of ether oxygens (including phenoxy) is 2. The summed E-state index contributed by atoms with van der Waals surface area (Å²) < 4.78 is 44.6. The highest BCUT2D eigenvalue weighted by molar-refractivity contribution is 7.85. The number of hydrogen-bond acceptors (Lipinski definition) is 6. The summed E-state index contributed by atoms with van der Waals surface area (Å²) in [5, 5.41) is 0. The summed E-state index contributed by atoms with van der Waals surface area (Å²) in [6.07, 6.45) is 17.7. The minimum atomic E-state index is -4.28. The fourth-order valence-corrected chi connectivity index (χ4v) is 4.66. The van der Waals surface area contributed by atoms with Crippen LogP contribution >= 0.6 is 0 Å². The number of hydrogen-bond donors (Lipinski definition) is 0. The van der Waals surface area contributed by atoms with E-state index in [1.54, 1.807) is 0 Å². The summed E-state index contributed by atoms with van der Waals surface area (Å²) in [7, 11) is -4.28. The predicted molar refractivity (Wildman–Crippen MR) is 122 cm³/mol. The molecule has 0 amide bonds. The maximum Gasteiger partial charge on any atom is 0.0972 e. The summed E-state index contributed by atoms with van der Waals surface area (Å²) in [4.78, 5) is 2.12. The second-order valence-electron chi connectivity index (χ2n) is 8.73. The van der Waals surface area contributed by atoms with E-state index in [9.17, 15) is 13.0 Å². The number of nitrogens with zero attached hydrogens (tertiary/aromatic N) is 1. The van der Waals surface area contributed by atoms with E-state index in [4.69, 9.17) is 9.47 Å². The van der Waals surface area contributed by atoms with E-state index in [0.29, 0.717) is 26.4 Å². The summed E-state index contributed by atoms with van der Waals surface area (Å²) >= 11 is 0. The second-order valence-corrected chi connectivity index (χ2v) is 10.2. The molecule has 180 valence electrons. The average molecular weight is 449 g/mol. The molecule has 1 fully saturated rings. The van der Waals surface area contributed by atoms with Crippen LogP contribution in [0.15, 0.2) is 0 Å². The van der Waals surface area contributed by atoms with Gasteiger partial charge in [-0.2, -0.15) is 0 Å². The standard InChI is InChI=1S/C23H47NO5S/c1-2-3-4-5-6-7-8-9-10-11-12-13-14-15-18-29-23(22-30(25,26)27)21-24-16-19-28-20-17-24/h23H,2-22H2,1H3,(H,25,26,27)/p-1. The van der Waals surface area contributed by atoms with E-state index >= 15 is 0 Å². The summed E-state index contributed by atoms with van der Waals surface area (Å²) in [6.45, 7) is 6.10. The molecule has 1 atom stereocenters. The lowest BCUT2D eigenvalue weighted by Crippen LogP contribution is -2.43. The zero-order chi connectivity index (χ0) is 21.9. The smallest absolute Gasteiger partial charge is 0.0972 e. The van der Waals surface area contributed by atoms with Gasteiger partial charge in [-0.1, -0.05) is 90.4 Å². The molecule has 1 saturated heterocycles. The first kappa shape index (κ1) is 27.8. The normalized spacial score (nSPS) is 16.7. The largest absolute Gasteiger partial charge is 0.748 e. The van der Waals surface area contributed by atoms with Crippen molar-refractivity contribution in [3.05, 3.63) is 0 Å². The Labute approximate surface area is 185 Å². The quantitative estimate of drug-likeness (QED) is 0.198. The molecule has 0 spiro atoms. The Morgan fingerprint density at radius 3 is 1.77 bits per heavy atom. The van der Waals surface area contributed by atoms with E-state index < -0.39 is 22.0 Å². The fraction of sp³-hybridized carbons (Fsp3) is 1.00. The molecule has 1 rings (SSSR count). The van der Waals surface area contributed by atoms with Crippen LogP contribution < -0.4 is 0 Å². The van der Waals surface area contributed by atoms with Crippen molar-refractivity contribution < 1.29 is 22.4 Å². The van der Waals surface area contributed by atoms with E-state index in [-0.39, 0.29) is 0 Å². The van der Waals surface area contributed by atoms with Crippen LogP contribution in [0.4, 0.5) is 0 Å². The van der Waals surface area contributed by atoms with Gasteiger partial charge in [0.15, 0.2) is 0 Å². The van der Waals surface area contributed by atoms with Gasteiger partial charge in [-0.15, -0.1) is 0 Å². The van der Waals surface area contributed by atoms with E-state index in [2.05, 4.69) is 11.8 Å². The molecule has 0 radical (unpaired) electrons. The third-order valence-corrected chi connectivity index (χ3v) is 6.59. The van der Waals surface area contributed by atoms with Gasteiger partial charge in [-0.05, 0) is 6.42 Å². The molecule has 1 aliphatic rings. The molecule has 0 saturated carbocycles. The number of rotatable bonds is 20. The summed E-state index contributed by atoms with van der Waals surface area (Å²) in [6, 6.07) is 0. The van der Waals surface area contributed by atoms with Gasteiger partial charge in [0.25, 0.3) is 0 Å². The summed E-state index contributed by atoms with van der Waals surface area (Å²) in [5.41, 5.74) is 0. The second kappa shape index (κ2) is 18.4. The topological polar surface area (TPSA) is 78.9 Å². The van der Waals surface area contributed by atoms with Gasteiger partial charge in [-0.3, -0.25) is 4.90 Å². The van der Waals surface area contributed by atoms with Crippen molar-refractivity contribution in [1.82, 2.24) is 4.90 Å².